The third-order valence-electron chi connectivity index (χ3n) is 6.23. The van der Waals surface area contributed by atoms with Gasteiger partial charge in [0, 0.05) is 34.2 Å². The number of carbonyl (C=O) groups excluding carboxylic acids is 1. The number of benzene rings is 2. The van der Waals surface area contributed by atoms with Gasteiger partial charge >= 0.3 is 5.69 Å². The zero-order chi connectivity index (χ0) is 24.4. The monoisotopic (exact) mass is 482 g/mol. The van der Waals surface area contributed by atoms with Gasteiger partial charge in [-0.3, -0.25) is 23.6 Å². The Morgan fingerprint density at radius 3 is 2.53 bits per heavy atom. The number of hydrogen-bond acceptors (Lipinski definition) is 6. The zero-order valence-electron chi connectivity index (χ0n) is 18.8. The fraction of sp³-hybridized carbons (Fsp3) is 0.273. The number of likely N-dealkylation sites (N-methyl/N-ethyl adjacent to an activating group) is 1. The summed E-state index contributed by atoms with van der Waals surface area (Å²) in [5.74, 6) is 0.0892. The lowest BCUT2D eigenvalue weighted by molar-refractivity contribution is -0.118. The Morgan fingerprint density at radius 2 is 1.76 bits per heavy atom. The number of amides is 1. The van der Waals surface area contributed by atoms with Gasteiger partial charge in [-0.15, -0.1) is 0 Å². The van der Waals surface area contributed by atoms with E-state index in [9.17, 15) is 22.8 Å². The smallest absolute Gasteiger partial charge is 0.308 e. The molecular formula is C22H22N6O5S. The summed E-state index contributed by atoms with van der Waals surface area (Å²) in [6.45, 7) is 0.583. The van der Waals surface area contributed by atoms with Gasteiger partial charge in [0.2, 0.25) is 21.9 Å². The Morgan fingerprint density at radius 1 is 1.03 bits per heavy atom. The molecule has 0 spiro atoms. The number of fused-ring (bicyclic) bond motifs is 4. The summed E-state index contributed by atoms with van der Waals surface area (Å²) in [6.07, 6.45) is 0. The molecule has 2 aromatic carbocycles. The molecule has 0 bridgehead atoms. The van der Waals surface area contributed by atoms with Crippen molar-refractivity contribution in [2.45, 2.75) is 11.4 Å². The number of rotatable bonds is 4. The Balaban J connectivity index is 1.45. The molecule has 1 amide bonds. The SMILES string of the molecule is CN(CC(=O)N1CCn2c1nc1ccccc12)S(=O)(=O)c1ccc2c(c1)c(=O)n(C)c(=O)n2C. The molecule has 0 saturated carbocycles. The molecule has 1 aliphatic rings. The van der Waals surface area contributed by atoms with Crippen molar-refractivity contribution in [1.82, 2.24) is 23.0 Å². The molecule has 0 aliphatic carbocycles. The topological polar surface area (TPSA) is 120 Å². The summed E-state index contributed by atoms with van der Waals surface area (Å²) in [7, 11) is 0.0674. The van der Waals surface area contributed by atoms with Crippen LogP contribution in [0.5, 0.6) is 0 Å². The first-order valence-electron chi connectivity index (χ1n) is 10.5. The van der Waals surface area contributed by atoms with Gasteiger partial charge < -0.3 is 4.57 Å². The largest absolute Gasteiger partial charge is 0.330 e. The van der Waals surface area contributed by atoms with Crippen molar-refractivity contribution in [3.05, 3.63) is 63.3 Å². The maximum atomic E-state index is 13.2. The molecule has 176 valence electrons. The van der Waals surface area contributed by atoms with E-state index in [-0.39, 0.29) is 10.3 Å². The average Bonchev–Trinajstić information content (AvgIpc) is 3.40. The lowest BCUT2D eigenvalue weighted by Crippen LogP contribution is -2.41. The first-order chi connectivity index (χ1) is 16.1. The van der Waals surface area contributed by atoms with Gasteiger partial charge in [0.15, 0.2) is 0 Å². The van der Waals surface area contributed by atoms with Gasteiger partial charge in [-0.2, -0.15) is 4.31 Å². The summed E-state index contributed by atoms with van der Waals surface area (Å²) >= 11 is 0. The van der Waals surface area contributed by atoms with Crippen molar-refractivity contribution in [1.29, 1.82) is 0 Å². The minimum Gasteiger partial charge on any atom is -0.308 e. The maximum absolute atomic E-state index is 13.2. The molecule has 4 aromatic rings. The predicted octanol–water partition coefficient (Wildman–Crippen LogP) is 0.254. The van der Waals surface area contributed by atoms with Gasteiger partial charge in [-0.05, 0) is 30.3 Å². The van der Waals surface area contributed by atoms with E-state index in [1.54, 1.807) is 0 Å². The van der Waals surface area contributed by atoms with E-state index in [4.69, 9.17) is 0 Å². The van der Waals surface area contributed by atoms with Crippen LogP contribution in [0.3, 0.4) is 0 Å². The number of hydrogen-bond donors (Lipinski definition) is 0. The number of imidazole rings is 1. The van der Waals surface area contributed by atoms with E-state index in [1.165, 1.54) is 48.8 Å². The number of aryl methyl sites for hydroxylation is 1. The normalized spacial score (nSPS) is 13.8. The number of para-hydroxylation sites is 2. The van der Waals surface area contributed by atoms with Crippen LogP contribution in [0.25, 0.3) is 21.9 Å². The molecule has 0 radical (unpaired) electrons. The second kappa shape index (κ2) is 7.64. The van der Waals surface area contributed by atoms with Crippen LogP contribution in [0, 0.1) is 0 Å². The average molecular weight is 483 g/mol. The summed E-state index contributed by atoms with van der Waals surface area (Å²) in [5.41, 5.74) is 0.906. The summed E-state index contributed by atoms with van der Waals surface area (Å²) < 4.78 is 31.5. The Hall–Kier alpha value is -3.77. The van der Waals surface area contributed by atoms with Crippen LogP contribution in [-0.4, -0.2) is 57.5 Å². The first kappa shape index (κ1) is 22.0. The Kier molecular flexibility index (Phi) is 4.95. The molecule has 0 fully saturated rings. The molecule has 0 unspecified atom stereocenters. The Labute approximate surface area is 194 Å². The fourth-order valence-corrected chi connectivity index (χ4v) is 5.45. The second-order valence-electron chi connectivity index (χ2n) is 8.24. The van der Waals surface area contributed by atoms with Crippen LogP contribution in [0.1, 0.15) is 0 Å². The van der Waals surface area contributed by atoms with E-state index in [0.29, 0.717) is 24.6 Å². The van der Waals surface area contributed by atoms with Gasteiger partial charge in [-0.25, -0.2) is 18.2 Å². The molecular weight excluding hydrogens is 460 g/mol. The van der Waals surface area contributed by atoms with Crippen molar-refractivity contribution in [3.63, 3.8) is 0 Å². The zero-order valence-corrected chi connectivity index (χ0v) is 19.6. The van der Waals surface area contributed by atoms with E-state index in [0.717, 1.165) is 19.9 Å². The van der Waals surface area contributed by atoms with Crippen molar-refractivity contribution < 1.29 is 13.2 Å². The van der Waals surface area contributed by atoms with Crippen LogP contribution < -0.4 is 16.1 Å². The molecule has 3 heterocycles. The summed E-state index contributed by atoms with van der Waals surface area (Å²) in [4.78, 5) is 43.6. The highest BCUT2D eigenvalue weighted by molar-refractivity contribution is 7.89. The molecule has 34 heavy (non-hydrogen) atoms. The third-order valence-corrected chi connectivity index (χ3v) is 8.03. The molecule has 0 atom stereocenters. The molecule has 2 aromatic heterocycles. The molecule has 0 N–H and O–H groups in total. The number of carbonyl (C=O) groups is 1. The van der Waals surface area contributed by atoms with Gasteiger partial charge in [0.25, 0.3) is 5.56 Å². The Bertz CT molecular complexity index is 1720. The second-order valence-corrected chi connectivity index (χ2v) is 10.3. The standard InChI is InChI=1S/C22H22N6O5S/c1-24(13-19(29)28-11-10-27-18-7-5-4-6-16(18)23-21(27)28)34(32,33)14-8-9-17-15(12-14)20(30)26(3)22(31)25(17)2/h4-9,12H,10-11,13H2,1-3H3. The van der Waals surface area contributed by atoms with Crippen LogP contribution >= 0.6 is 0 Å². The van der Waals surface area contributed by atoms with E-state index in [2.05, 4.69) is 4.98 Å². The van der Waals surface area contributed by atoms with Crippen molar-refractivity contribution in [2.24, 2.45) is 14.1 Å². The lowest BCUT2D eigenvalue weighted by Gasteiger charge is -2.20. The van der Waals surface area contributed by atoms with E-state index >= 15 is 0 Å². The molecule has 11 nitrogen and oxygen atoms in total. The number of anilines is 1. The number of sulfonamides is 1. The van der Waals surface area contributed by atoms with Crippen LogP contribution in [0.15, 0.2) is 56.9 Å². The first-order valence-corrected chi connectivity index (χ1v) is 12.0. The lowest BCUT2D eigenvalue weighted by atomic mass is 10.2. The molecule has 12 heteroatoms. The highest BCUT2D eigenvalue weighted by Crippen LogP contribution is 2.27. The highest BCUT2D eigenvalue weighted by atomic mass is 32.2. The molecule has 5 rings (SSSR count). The van der Waals surface area contributed by atoms with Gasteiger partial charge in [0.1, 0.15) is 0 Å². The maximum Gasteiger partial charge on any atom is 0.330 e. The minimum absolute atomic E-state index is 0.0960. The molecule has 1 aliphatic heterocycles. The third kappa shape index (κ3) is 3.17. The molecule has 0 saturated heterocycles. The van der Waals surface area contributed by atoms with E-state index < -0.39 is 33.7 Å². The van der Waals surface area contributed by atoms with Crippen molar-refractivity contribution >= 4 is 43.8 Å². The fourth-order valence-electron chi connectivity index (χ4n) is 4.30. The summed E-state index contributed by atoms with van der Waals surface area (Å²) in [6, 6.07) is 11.5. The van der Waals surface area contributed by atoms with Crippen LogP contribution in [0.4, 0.5) is 5.95 Å². The van der Waals surface area contributed by atoms with Crippen molar-refractivity contribution in [3.8, 4) is 0 Å². The van der Waals surface area contributed by atoms with Crippen molar-refractivity contribution in [2.75, 3.05) is 25.0 Å². The highest BCUT2D eigenvalue weighted by Gasteiger charge is 2.31. The van der Waals surface area contributed by atoms with Gasteiger partial charge in [0.05, 0.1) is 33.4 Å². The van der Waals surface area contributed by atoms with E-state index in [1.807, 2.05) is 28.8 Å². The van der Waals surface area contributed by atoms with Crippen LogP contribution in [-0.2, 0) is 35.5 Å². The van der Waals surface area contributed by atoms with Gasteiger partial charge in [-0.1, -0.05) is 12.1 Å². The number of aromatic nitrogens is 4. The summed E-state index contributed by atoms with van der Waals surface area (Å²) in [5, 5.41) is 0.0960. The number of nitrogens with zero attached hydrogens (tertiary/aromatic N) is 6. The minimum atomic E-state index is -4.09. The predicted molar refractivity (Wildman–Crippen MR) is 126 cm³/mol. The quantitative estimate of drug-likeness (QED) is 0.411. The van der Waals surface area contributed by atoms with Crippen LogP contribution in [0.2, 0.25) is 0 Å².